The lowest BCUT2D eigenvalue weighted by Gasteiger charge is -2.24. The maximum absolute atomic E-state index is 12.5. The minimum Gasteiger partial charge on any atom is -0.492 e. The highest BCUT2D eigenvalue weighted by atomic mass is 31.2. The van der Waals surface area contributed by atoms with E-state index in [1.54, 1.807) is 12.3 Å². The summed E-state index contributed by atoms with van der Waals surface area (Å²) in [6, 6.07) is 0. The molecule has 324 valence electrons. The van der Waals surface area contributed by atoms with E-state index in [9.17, 15) is 19.0 Å². The van der Waals surface area contributed by atoms with Gasteiger partial charge in [0.25, 0.3) is 0 Å². The number of carbonyl (C=O) groups excluding carboxylic acids is 2. The van der Waals surface area contributed by atoms with Gasteiger partial charge in [-0.3, -0.25) is 18.6 Å². The van der Waals surface area contributed by atoms with Crippen LogP contribution >= 0.6 is 7.82 Å². The number of ether oxygens (including phenoxy) is 2. The van der Waals surface area contributed by atoms with E-state index >= 15 is 0 Å². The molecule has 0 fully saturated rings. The van der Waals surface area contributed by atoms with Gasteiger partial charge < -0.3 is 18.9 Å². The van der Waals surface area contributed by atoms with Crippen LogP contribution < -0.4 is 0 Å². The molecule has 0 saturated carbocycles. The van der Waals surface area contributed by atoms with Gasteiger partial charge in [0.2, 0.25) is 0 Å². The van der Waals surface area contributed by atoms with Gasteiger partial charge in [0.1, 0.15) is 19.8 Å². The standard InChI is InChI=1S/C46H82NO8P/c1-6-8-10-12-14-16-18-20-21-22-24-26-28-30-32-34-40-52-45(43-55-56(50,51)54-41-39-47(3,4)5)42-53-46(49)38-35-37-44(48)36-33-31-29-27-25-23-19-17-15-13-11-9-7-2/h15,17,23,25,29,31,33-34,36,40,45H,6-14,16,18-22,24,26-28,30,32,35,37-39,41-43H2,1-5H3/p+1/b17-15-,25-23-,31-29-,36-33+,40-34+/t45-/m1/s1. The molecule has 9 nitrogen and oxygen atoms in total. The summed E-state index contributed by atoms with van der Waals surface area (Å²) < 4.78 is 34.5. The van der Waals surface area contributed by atoms with Crippen molar-refractivity contribution in [1.29, 1.82) is 0 Å². The highest BCUT2D eigenvalue weighted by Gasteiger charge is 2.25. The number of phosphoric ester groups is 1. The lowest BCUT2D eigenvalue weighted by Crippen LogP contribution is -2.37. The predicted molar refractivity (Wildman–Crippen MR) is 233 cm³/mol. The summed E-state index contributed by atoms with van der Waals surface area (Å²) >= 11 is 0. The summed E-state index contributed by atoms with van der Waals surface area (Å²) in [7, 11) is 1.54. The van der Waals surface area contributed by atoms with Crippen LogP contribution in [-0.4, -0.2) is 74.7 Å². The van der Waals surface area contributed by atoms with Gasteiger partial charge in [-0.25, -0.2) is 4.57 Å². The van der Waals surface area contributed by atoms with Crippen LogP contribution in [0.3, 0.4) is 0 Å². The summed E-state index contributed by atoms with van der Waals surface area (Å²) in [6.07, 6.45) is 45.0. The molecule has 0 heterocycles. The Morgan fingerprint density at radius 3 is 1.79 bits per heavy atom. The van der Waals surface area contributed by atoms with Crippen molar-refractivity contribution in [1.82, 2.24) is 0 Å². The monoisotopic (exact) mass is 809 g/mol. The first kappa shape index (κ1) is 53.7. The SMILES string of the molecule is CCCCC/C=C\C/C=C\C/C=C\C=C\C(=O)CCCC(=O)OC[C@H](COP(=O)(O)OCC[N+](C)(C)C)O/C=C/CCCCCCCCCCCCCCCC. The summed E-state index contributed by atoms with van der Waals surface area (Å²) in [4.78, 5) is 34.9. The van der Waals surface area contributed by atoms with Crippen LogP contribution in [0.15, 0.2) is 60.9 Å². The number of carbonyl (C=O) groups is 2. The van der Waals surface area contributed by atoms with Crippen molar-refractivity contribution in [2.45, 2.75) is 174 Å². The fourth-order valence-electron chi connectivity index (χ4n) is 5.61. The Morgan fingerprint density at radius 1 is 0.625 bits per heavy atom. The molecular formula is C46H83NO8P+. The number of nitrogens with zero attached hydrogens (tertiary/aromatic N) is 1. The number of hydrogen-bond acceptors (Lipinski definition) is 7. The van der Waals surface area contributed by atoms with Gasteiger partial charge >= 0.3 is 13.8 Å². The first-order valence-corrected chi connectivity index (χ1v) is 23.5. The van der Waals surface area contributed by atoms with Gasteiger partial charge in [0.05, 0.1) is 34.0 Å². The van der Waals surface area contributed by atoms with Crippen LogP contribution in [0.5, 0.6) is 0 Å². The molecule has 0 bridgehead atoms. The third-order valence-corrected chi connectivity index (χ3v) is 10.1. The number of likely N-dealkylation sites (N-methyl/N-ethyl adjacent to an activating group) is 1. The van der Waals surface area contributed by atoms with E-state index in [4.69, 9.17) is 18.5 Å². The topological polar surface area (TPSA) is 108 Å². The third kappa shape index (κ3) is 41.3. The van der Waals surface area contributed by atoms with Crippen LogP contribution in [0.4, 0.5) is 0 Å². The third-order valence-electron chi connectivity index (χ3n) is 9.15. The minimum atomic E-state index is -4.32. The zero-order valence-corrected chi connectivity index (χ0v) is 37.2. The van der Waals surface area contributed by atoms with E-state index < -0.39 is 19.9 Å². The Kier molecular flexibility index (Phi) is 36.7. The zero-order chi connectivity index (χ0) is 41.4. The number of rotatable bonds is 40. The number of hydrogen-bond donors (Lipinski definition) is 1. The van der Waals surface area contributed by atoms with Crippen molar-refractivity contribution in [3.05, 3.63) is 60.9 Å². The molecule has 0 aromatic carbocycles. The second-order valence-electron chi connectivity index (χ2n) is 15.8. The molecule has 2 atom stereocenters. The maximum Gasteiger partial charge on any atom is 0.472 e. The molecule has 0 aromatic heterocycles. The molecule has 0 aliphatic heterocycles. The van der Waals surface area contributed by atoms with Crippen LogP contribution in [0.1, 0.15) is 168 Å². The highest BCUT2D eigenvalue weighted by Crippen LogP contribution is 2.43. The summed E-state index contributed by atoms with van der Waals surface area (Å²) in [5.41, 5.74) is 0. The second kappa shape index (κ2) is 38.2. The summed E-state index contributed by atoms with van der Waals surface area (Å²) in [5.74, 6) is -0.538. The van der Waals surface area contributed by atoms with Crippen molar-refractivity contribution >= 4 is 19.6 Å². The fourth-order valence-corrected chi connectivity index (χ4v) is 6.35. The van der Waals surface area contributed by atoms with E-state index in [1.807, 2.05) is 39.4 Å². The molecule has 56 heavy (non-hydrogen) atoms. The Bertz CT molecular complexity index is 1140. The number of unbranched alkanes of at least 4 members (excludes halogenated alkanes) is 17. The molecule has 0 amide bonds. The van der Waals surface area contributed by atoms with Crippen molar-refractivity contribution in [2.24, 2.45) is 0 Å². The van der Waals surface area contributed by atoms with Crippen molar-refractivity contribution in [3.63, 3.8) is 0 Å². The Balaban J connectivity index is 4.49. The molecule has 0 rings (SSSR count). The number of allylic oxidation sites excluding steroid dienone is 9. The average Bonchev–Trinajstić information content (AvgIpc) is 3.14. The largest absolute Gasteiger partial charge is 0.492 e. The summed E-state index contributed by atoms with van der Waals surface area (Å²) in [5, 5.41) is 0. The second-order valence-corrected chi connectivity index (χ2v) is 17.3. The minimum absolute atomic E-state index is 0.0514. The lowest BCUT2D eigenvalue weighted by atomic mass is 10.0. The molecule has 0 spiro atoms. The van der Waals surface area contributed by atoms with Gasteiger partial charge in [0, 0.05) is 12.8 Å². The molecule has 0 aliphatic carbocycles. The van der Waals surface area contributed by atoms with Gasteiger partial charge in [-0.2, -0.15) is 0 Å². The van der Waals surface area contributed by atoms with Gasteiger partial charge in [-0.05, 0) is 57.1 Å². The van der Waals surface area contributed by atoms with E-state index in [-0.39, 0.29) is 38.4 Å². The Morgan fingerprint density at radius 2 is 1.16 bits per heavy atom. The maximum atomic E-state index is 12.5. The van der Waals surface area contributed by atoms with E-state index in [2.05, 4.69) is 38.2 Å². The van der Waals surface area contributed by atoms with E-state index in [0.29, 0.717) is 17.4 Å². The molecule has 0 aromatic rings. The number of phosphoric acid groups is 1. The molecule has 0 aliphatic rings. The van der Waals surface area contributed by atoms with Crippen LogP contribution in [-0.2, 0) is 32.7 Å². The van der Waals surface area contributed by atoms with Crippen molar-refractivity contribution in [3.8, 4) is 0 Å². The number of ketones is 1. The van der Waals surface area contributed by atoms with Gasteiger partial charge in [0.15, 0.2) is 11.9 Å². The number of esters is 1. The van der Waals surface area contributed by atoms with Crippen molar-refractivity contribution in [2.75, 3.05) is 47.5 Å². The molecule has 1 unspecified atom stereocenters. The average molecular weight is 809 g/mol. The fraction of sp³-hybridized carbons (Fsp3) is 0.739. The molecule has 10 heteroatoms. The lowest BCUT2D eigenvalue weighted by molar-refractivity contribution is -0.870. The van der Waals surface area contributed by atoms with E-state index in [1.165, 1.54) is 102 Å². The molecular weight excluding hydrogens is 725 g/mol. The van der Waals surface area contributed by atoms with Crippen LogP contribution in [0.25, 0.3) is 0 Å². The molecule has 0 saturated heterocycles. The Hall–Kier alpha value is -2.29. The van der Waals surface area contributed by atoms with Gasteiger partial charge in [-0.1, -0.05) is 153 Å². The first-order chi connectivity index (χ1) is 27.0. The van der Waals surface area contributed by atoms with Crippen LogP contribution in [0, 0.1) is 0 Å². The molecule has 0 radical (unpaired) electrons. The quantitative estimate of drug-likeness (QED) is 0.00953. The van der Waals surface area contributed by atoms with Crippen molar-refractivity contribution < 1.29 is 42.1 Å². The smallest absolute Gasteiger partial charge is 0.472 e. The zero-order valence-electron chi connectivity index (χ0n) is 36.3. The predicted octanol–water partition coefficient (Wildman–Crippen LogP) is 12.5. The van der Waals surface area contributed by atoms with E-state index in [0.717, 1.165) is 38.5 Å². The summed E-state index contributed by atoms with van der Waals surface area (Å²) in [6.45, 7) is 4.59. The highest BCUT2D eigenvalue weighted by molar-refractivity contribution is 7.47. The Labute approximate surface area is 343 Å². The van der Waals surface area contributed by atoms with Gasteiger partial charge in [-0.15, -0.1) is 0 Å². The molecule has 1 N–H and O–H groups in total. The van der Waals surface area contributed by atoms with Crippen LogP contribution in [0.2, 0.25) is 0 Å². The number of quaternary nitrogens is 1. The first-order valence-electron chi connectivity index (χ1n) is 22.0. The normalized spacial score (nSPS) is 14.2.